The van der Waals surface area contributed by atoms with E-state index < -0.39 is 0 Å². The van der Waals surface area contributed by atoms with E-state index in [0.717, 1.165) is 17.3 Å². The lowest BCUT2D eigenvalue weighted by Gasteiger charge is -2.15. The summed E-state index contributed by atoms with van der Waals surface area (Å²) < 4.78 is 0. The van der Waals surface area contributed by atoms with Crippen molar-refractivity contribution in [3.63, 3.8) is 0 Å². The largest absolute Gasteiger partial charge is 0.286 e. The van der Waals surface area contributed by atoms with E-state index in [1.165, 1.54) is 0 Å². The summed E-state index contributed by atoms with van der Waals surface area (Å²) in [4.78, 5) is 22.4. The zero-order valence-electron chi connectivity index (χ0n) is 8.53. The molecule has 2 amide bonds. The molecule has 0 aromatic carbocycles. The van der Waals surface area contributed by atoms with Gasteiger partial charge in [-0.2, -0.15) is 0 Å². The van der Waals surface area contributed by atoms with Crippen LogP contribution in [-0.4, -0.2) is 16.4 Å². The molecule has 1 fully saturated rings. The molecule has 0 aromatic heterocycles. The van der Waals surface area contributed by atoms with Gasteiger partial charge < -0.3 is 0 Å². The van der Waals surface area contributed by atoms with Crippen molar-refractivity contribution in [2.45, 2.75) is 12.2 Å². The quantitative estimate of drug-likeness (QED) is 0.744. The minimum absolute atomic E-state index is 0.0445. The number of carbonyl (C=O) groups is 2. The molecule has 2 unspecified atom stereocenters. The zero-order valence-corrected chi connectivity index (χ0v) is 9.34. The summed E-state index contributed by atoms with van der Waals surface area (Å²) in [6, 6.07) is 0. The van der Waals surface area contributed by atoms with Crippen LogP contribution in [0, 0.1) is 5.92 Å². The molecule has 1 rings (SSSR count). The highest BCUT2D eigenvalue weighted by atomic mass is 32.2. The average molecular weight is 223 g/mol. The van der Waals surface area contributed by atoms with E-state index in [9.17, 15) is 9.59 Å². The molecule has 15 heavy (non-hydrogen) atoms. The number of carbonyl (C=O) groups excluding carboxylic acids is 2. The monoisotopic (exact) mass is 223 g/mol. The molecular weight excluding hydrogens is 210 g/mol. The van der Waals surface area contributed by atoms with Crippen LogP contribution in [-0.2, 0) is 4.79 Å². The number of nitrogens with one attached hydrogen (secondary N) is 1. The van der Waals surface area contributed by atoms with Crippen LogP contribution in [0.3, 0.4) is 0 Å². The van der Waals surface area contributed by atoms with Crippen molar-refractivity contribution in [3.8, 4) is 0 Å². The fourth-order valence-electron chi connectivity index (χ4n) is 1.42. The van der Waals surface area contributed by atoms with Gasteiger partial charge in [-0.05, 0) is 5.57 Å². The summed E-state index contributed by atoms with van der Waals surface area (Å²) in [5, 5.41) is 1.63. The lowest BCUT2D eigenvalue weighted by molar-refractivity contribution is -0.119. The second kappa shape index (κ2) is 4.98. The molecule has 3 nitrogen and oxygen atoms in total. The van der Waals surface area contributed by atoms with Gasteiger partial charge in [0.1, 0.15) is 0 Å². The Labute approximate surface area is 93.3 Å². The van der Waals surface area contributed by atoms with Crippen molar-refractivity contribution < 1.29 is 9.59 Å². The summed E-state index contributed by atoms with van der Waals surface area (Å²) in [6.45, 7) is 9.16. The van der Waals surface area contributed by atoms with Gasteiger partial charge >= 0.3 is 0 Å². The maximum Gasteiger partial charge on any atom is 0.286 e. The number of rotatable bonds is 4. The van der Waals surface area contributed by atoms with Crippen LogP contribution in [0.4, 0.5) is 4.79 Å². The van der Waals surface area contributed by atoms with Gasteiger partial charge in [0, 0.05) is 5.92 Å². The summed E-state index contributed by atoms with van der Waals surface area (Å²) in [5.74, 6) is -0.272. The minimum Gasteiger partial charge on any atom is -0.286 e. The van der Waals surface area contributed by atoms with E-state index in [1.807, 2.05) is 6.92 Å². The molecule has 1 N–H and O–H groups in total. The van der Waals surface area contributed by atoms with Crippen molar-refractivity contribution >= 4 is 22.9 Å². The van der Waals surface area contributed by atoms with Gasteiger partial charge in [-0.3, -0.25) is 14.9 Å². The van der Waals surface area contributed by atoms with Crippen LogP contribution < -0.4 is 5.32 Å². The molecular formula is C11H13NO2S. The van der Waals surface area contributed by atoms with Gasteiger partial charge in [0.15, 0.2) is 0 Å². The first-order valence-electron chi connectivity index (χ1n) is 4.56. The highest BCUT2D eigenvalue weighted by molar-refractivity contribution is 8.15. The maximum absolute atomic E-state index is 11.4. The number of allylic oxidation sites excluding steroid dienone is 4. The number of imide groups is 1. The van der Waals surface area contributed by atoms with Gasteiger partial charge in [0.25, 0.3) is 5.24 Å². The lowest BCUT2D eigenvalue weighted by Crippen LogP contribution is -2.28. The Morgan fingerprint density at radius 2 is 2.20 bits per heavy atom. The van der Waals surface area contributed by atoms with E-state index in [1.54, 1.807) is 18.2 Å². The van der Waals surface area contributed by atoms with Crippen molar-refractivity contribution in [2.24, 2.45) is 5.92 Å². The molecule has 80 valence electrons. The van der Waals surface area contributed by atoms with Crippen LogP contribution in [0.5, 0.6) is 0 Å². The van der Waals surface area contributed by atoms with Gasteiger partial charge in [-0.25, -0.2) is 0 Å². The number of hydrogen-bond acceptors (Lipinski definition) is 3. The Morgan fingerprint density at radius 3 is 2.60 bits per heavy atom. The lowest BCUT2D eigenvalue weighted by atomic mass is 9.96. The van der Waals surface area contributed by atoms with Gasteiger partial charge in [0.2, 0.25) is 5.91 Å². The van der Waals surface area contributed by atoms with Crippen molar-refractivity contribution in [1.29, 1.82) is 0 Å². The van der Waals surface area contributed by atoms with Crippen molar-refractivity contribution in [3.05, 3.63) is 37.0 Å². The second-order valence-electron chi connectivity index (χ2n) is 3.21. The minimum atomic E-state index is -0.360. The van der Waals surface area contributed by atoms with E-state index >= 15 is 0 Å². The Kier molecular flexibility index (Phi) is 3.91. The molecule has 2 atom stereocenters. The molecule has 1 aliphatic rings. The maximum atomic E-state index is 11.4. The van der Waals surface area contributed by atoms with E-state index in [-0.39, 0.29) is 22.3 Å². The summed E-state index contributed by atoms with van der Waals surface area (Å²) in [6.07, 6.45) is 5.13. The molecule has 1 aliphatic heterocycles. The zero-order chi connectivity index (χ0) is 11.4. The SMILES string of the molecule is C=C/C=C(\C=C)C(C)C1SC(=O)NC1=O. The van der Waals surface area contributed by atoms with Gasteiger partial charge in [-0.1, -0.05) is 50.1 Å². The third-order valence-corrected chi connectivity index (χ3v) is 3.44. The summed E-state index contributed by atoms with van der Waals surface area (Å²) in [7, 11) is 0. The molecule has 0 bridgehead atoms. The number of thioether (sulfide) groups is 1. The summed E-state index contributed by atoms with van der Waals surface area (Å²) in [5.41, 5.74) is 0.910. The Bertz CT molecular complexity index is 346. The van der Waals surface area contributed by atoms with E-state index in [4.69, 9.17) is 0 Å². The molecule has 0 aliphatic carbocycles. The highest BCUT2D eigenvalue weighted by Gasteiger charge is 2.36. The van der Waals surface area contributed by atoms with Gasteiger partial charge in [0.05, 0.1) is 5.25 Å². The van der Waals surface area contributed by atoms with Crippen LogP contribution in [0.2, 0.25) is 0 Å². The fourth-order valence-corrected chi connectivity index (χ4v) is 2.33. The first-order chi connectivity index (χ1) is 7.10. The molecule has 4 heteroatoms. The standard InChI is InChI=1S/C11H13NO2S/c1-4-6-8(5-2)7(3)9-10(13)12-11(14)15-9/h4-7,9H,1-2H2,3H3,(H,12,13,14)/b8-6+. The average Bonchev–Trinajstić information content (AvgIpc) is 2.53. The van der Waals surface area contributed by atoms with Gasteiger partial charge in [-0.15, -0.1) is 0 Å². The molecule has 0 spiro atoms. The van der Waals surface area contributed by atoms with Crippen LogP contribution in [0.25, 0.3) is 0 Å². The first-order valence-corrected chi connectivity index (χ1v) is 5.44. The van der Waals surface area contributed by atoms with E-state index in [2.05, 4.69) is 18.5 Å². The first kappa shape index (κ1) is 11.8. The number of hydrogen-bond donors (Lipinski definition) is 1. The van der Waals surface area contributed by atoms with Crippen LogP contribution in [0.15, 0.2) is 37.0 Å². The highest BCUT2D eigenvalue weighted by Crippen LogP contribution is 2.30. The summed E-state index contributed by atoms with van der Waals surface area (Å²) >= 11 is 1.03. The van der Waals surface area contributed by atoms with Crippen molar-refractivity contribution in [1.82, 2.24) is 5.32 Å². The third kappa shape index (κ3) is 2.59. The molecule has 0 aromatic rings. The predicted molar refractivity (Wildman–Crippen MR) is 62.6 cm³/mol. The topological polar surface area (TPSA) is 46.2 Å². The Hall–Kier alpha value is -1.29. The predicted octanol–water partition coefficient (Wildman–Crippen LogP) is 2.27. The molecule has 1 heterocycles. The van der Waals surface area contributed by atoms with Crippen LogP contribution >= 0.6 is 11.8 Å². The Balaban J connectivity index is 2.83. The normalized spacial score (nSPS) is 23.5. The molecule has 0 radical (unpaired) electrons. The van der Waals surface area contributed by atoms with Crippen molar-refractivity contribution in [2.75, 3.05) is 0 Å². The van der Waals surface area contributed by atoms with Crippen LogP contribution in [0.1, 0.15) is 6.92 Å². The fraction of sp³-hybridized carbons (Fsp3) is 0.273. The Morgan fingerprint density at radius 1 is 1.53 bits per heavy atom. The molecule has 1 saturated heterocycles. The smallest absolute Gasteiger partial charge is 0.286 e. The second-order valence-corrected chi connectivity index (χ2v) is 4.32. The third-order valence-electron chi connectivity index (χ3n) is 2.24. The number of amides is 2. The van der Waals surface area contributed by atoms with E-state index in [0.29, 0.717) is 0 Å². The molecule has 0 saturated carbocycles.